The summed E-state index contributed by atoms with van der Waals surface area (Å²) in [4.78, 5) is 13.8. The molecular formula is C15H28N6. The first-order valence-corrected chi connectivity index (χ1v) is 7.79. The van der Waals surface area contributed by atoms with Crippen LogP contribution in [0.3, 0.4) is 0 Å². The van der Waals surface area contributed by atoms with Crippen LogP contribution in [-0.4, -0.2) is 48.6 Å². The molecule has 0 saturated carbocycles. The number of aryl methyl sites for hydroxylation is 1. The summed E-state index contributed by atoms with van der Waals surface area (Å²) in [6.07, 6.45) is 3.32. The van der Waals surface area contributed by atoms with Crippen LogP contribution in [0.2, 0.25) is 0 Å². The summed E-state index contributed by atoms with van der Waals surface area (Å²) in [5.74, 6) is 8.87. The Morgan fingerprint density at radius 3 is 2.57 bits per heavy atom. The van der Waals surface area contributed by atoms with E-state index in [0.29, 0.717) is 0 Å². The van der Waals surface area contributed by atoms with E-state index >= 15 is 0 Å². The number of hydrogen-bond donors (Lipinski definition) is 2. The Kier molecular flexibility index (Phi) is 5.36. The van der Waals surface area contributed by atoms with Gasteiger partial charge < -0.3 is 15.2 Å². The van der Waals surface area contributed by atoms with Gasteiger partial charge >= 0.3 is 0 Å². The maximum Gasteiger partial charge on any atom is 0.148 e. The smallest absolute Gasteiger partial charge is 0.148 e. The zero-order valence-electron chi connectivity index (χ0n) is 13.7. The zero-order chi connectivity index (χ0) is 15.4. The van der Waals surface area contributed by atoms with Gasteiger partial charge in [0.05, 0.1) is 0 Å². The van der Waals surface area contributed by atoms with E-state index in [1.165, 1.54) is 25.9 Å². The molecule has 0 radical (unpaired) electrons. The molecule has 2 heterocycles. The molecule has 6 nitrogen and oxygen atoms in total. The first-order chi connectivity index (χ1) is 10.0. The van der Waals surface area contributed by atoms with Gasteiger partial charge in [-0.1, -0.05) is 6.92 Å². The van der Waals surface area contributed by atoms with Crippen molar-refractivity contribution in [1.29, 1.82) is 0 Å². The molecule has 0 bridgehead atoms. The van der Waals surface area contributed by atoms with E-state index in [2.05, 4.69) is 46.2 Å². The molecule has 1 aromatic heterocycles. The zero-order valence-corrected chi connectivity index (χ0v) is 13.7. The molecule has 0 amide bonds. The Labute approximate surface area is 127 Å². The topological polar surface area (TPSA) is 70.3 Å². The molecule has 0 aromatic carbocycles. The molecule has 0 aliphatic carbocycles. The third kappa shape index (κ3) is 3.83. The van der Waals surface area contributed by atoms with Crippen LogP contribution >= 0.6 is 0 Å². The van der Waals surface area contributed by atoms with Crippen molar-refractivity contribution in [2.45, 2.75) is 33.1 Å². The van der Waals surface area contributed by atoms with Crippen molar-refractivity contribution in [3.8, 4) is 0 Å². The Hall–Kier alpha value is -1.40. The highest BCUT2D eigenvalue weighted by atomic mass is 15.3. The molecule has 118 valence electrons. The largest absolute Gasteiger partial charge is 0.359 e. The van der Waals surface area contributed by atoms with E-state index in [-0.39, 0.29) is 0 Å². The average molecular weight is 292 g/mol. The van der Waals surface area contributed by atoms with Crippen LogP contribution in [-0.2, 0) is 6.42 Å². The van der Waals surface area contributed by atoms with Crippen LogP contribution in [0.5, 0.6) is 0 Å². The van der Waals surface area contributed by atoms with Gasteiger partial charge in [0, 0.05) is 25.6 Å². The third-order valence-electron chi connectivity index (χ3n) is 4.35. The van der Waals surface area contributed by atoms with Crippen LogP contribution in [0.1, 0.15) is 31.2 Å². The van der Waals surface area contributed by atoms with Crippen molar-refractivity contribution in [1.82, 2.24) is 14.9 Å². The predicted molar refractivity (Wildman–Crippen MR) is 87.4 cm³/mol. The van der Waals surface area contributed by atoms with Gasteiger partial charge in [-0.2, -0.15) is 0 Å². The number of anilines is 2. The molecule has 21 heavy (non-hydrogen) atoms. The van der Waals surface area contributed by atoms with Gasteiger partial charge in [0.1, 0.15) is 17.5 Å². The lowest BCUT2D eigenvalue weighted by Crippen LogP contribution is -2.36. The maximum absolute atomic E-state index is 5.58. The number of nitrogen functional groups attached to an aromatic ring is 1. The van der Waals surface area contributed by atoms with Gasteiger partial charge in [-0.3, -0.25) is 0 Å². The van der Waals surface area contributed by atoms with Crippen molar-refractivity contribution >= 4 is 11.6 Å². The lowest BCUT2D eigenvalue weighted by atomic mass is 9.96. The quantitative estimate of drug-likeness (QED) is 0.632. The second-order valence-corrected chi connectivity index (χ2v) is 6.06. The number of hydrazine groups is 1. The minimum atomic E-state index is 0.729. The summed E-state index contributed by atoms with van der Waals surface area (Å²) in [6.45, 7) is 7.51. The molecular weight excluding hydrogens is 264 g/mol. The minimum Gasteiger partial charge on any atom is -0.359 e. The van der Waals surface area contributed by atoms with Gasteiger partial charge in [0.2, 0.25) is 0 Å². The van der Waals surface area contributed by atoms with Crippen LogP contribution in [0, 0.1) is 12.8 Å². The Morgan fingerprint density at radius 2 is 2.00 bits per heavy atom. The minimum absolute atomic E-state index is 0.729. The molecule has 3 N–H and O–H groups in total. The van der Waals surface area contributed by atoms with Crippen molar-refractivity contribution in [2.75, 3.05) is 44.1 Å². The average Bonchev–Trinajstić information content (AvgIpc) is 2.49. The summed E-state index contributed by atoms with van der Waals surface area (Å²) in [5.41, 5.74) is 3.71. The predicted octanol–water partition coefficient (Wildman–Crippen LogP) is 1.41. The van der Waals surface area contributed by atoms with Crippen molar-refractivity contribution < 1.29 is 0 Å². The Balaban J connectivity index is 2.12. The summed E-state index contributed by atoms with van der Waals surface area (Å²) >= 11 is 0. The number of piperidine rings is 1. The second kappa shape index (κ2) is 7.04. The number of nitrogens with zero attached hydrogens (tertiary/aromatic N) is 4. The van der Waals surface area contributed by atoms with Crippen LogP contribution in [0.4, 0.5) is 11.6 Å². The molecule has 0 unspecified atom stereocenters. The van der Waals surface area contributed by atoms with Crippen LogP contribution < -0.4 is 16.2 Å². The van der Waals surface area contributed by atoms with Gasteiger partial charge in [-0.05, 0) is 45.8 Å². The maximum atomic E-state index is 5.58. The molecule has 2 rings (SSSR count). The van der Waals surface area contributed by atoms with E-state index in [9.17, 15) is 0 Å². The highest BCUT2D eigenvalue weighted by Gasteiger charge is 2.20. The van der Waals surface area contributed by atoms with Crippen molar-refractivity contribution in [3.05, 3.63) is 11.4 Å². The summed E-state index contributed by atoms with van der Waals surface area (Å²) in [6, 6.07) is 0. The first kappa shape index (κ1) is 16.0. The van der Waals surface area contributed by atoms with Gasteiger partial charge in [-0.25, -0.2) is 15.8 Å². The van der Waals surface area contributed by atoms with E-state index < -0.39 is 0 Å². The Morgan fingerprint density at radius 1 is 1.33 bits per heavy atom. The van der Waals surface area contributed by atoms with Crippen LogP contribution in [0.15, 0.2) is 0 Å². The highest BCUT2D eigenvalue weighted by Crippen LogP contribution is 2.25. The Bertz CT molecular complexity index is 467. The van der Waals surface area contributed by atoms with Gasteiger partial charge in [0.15, 0.2) is 0 Å². The van der Waals surface area contributed by atoms with E-state index in [0.717, 1.165) is 41.9 Å². The summed E-state index contributed by atoms with van der Waals surface area (Å²) < 4.78 is 0. The standard InChI is InChI=1S/C15H28N6/c1-5-13-17-14(19-16)11(2)15(18-13)21(4)10-12-6-8-20(3)9-7-12/h12H,5-10,16H2,1-4H3,(H,17,18,19). The monoisotopic (exact) mass is 292 g/mol. The molecule has 1 aliphatic heterocycles. The van der Waals surface area contributed by atoms with Crippen LogP contribution in [0.25, 0.3) is 0 Å². The van der Waals surface area contributed by atoms with Crippen molar-refractivity contribution in [3.63, 3.8) is 0 Å². The molecule has 0 spiro atoms. The number of nitrogens with two attached hydrogens (primary N) is 1. The fourth-order valence-corrected chi connectivity index (χ4v) is 2.94. The third-order valence-corrected chi connectivity index (χ3v) is 4.35. The molecule has 1 aromatic rings. The fraction of sp³-hybridized carbons (Fsp3) is 0.733. The summed E-state index contributed by atoms with van der Waals surface area (Å²) in [5, 5.41) is 0. The normalized spacial score (nSPS) is 17.0. The number of nitrogens with one attached hydrogen (secondary N) is 1. The first-order valence-electron chi connectivity index (χ1n) is 7.79. The molecule has 1 saturated heterocycles. The molecule has 1 fully saturated rings. The number of hydrogen-bond acceptors (Lipinski definition) is 6. The molecule has 6 heteroatoms. The summed E-state index contributed by atoms with van der Waals surface area (Å²) in [7, 11) is 4.31. The lowest BCUT2D eigenvalue weighted by molar-refractivity contribution is 0.222. The fourth-order valence-electron chi connectivity index (χ4n) is 2.94. The van der Waals surface area contributed by atoms with E-state index in [1.807, 2.05) is 6.92 Å². The second-order valence-electron chi connectivity index (χ2n) is 6.06. The van der Waals surface area contributed by atoms with Gasteiger partial charge in [-0.15, -0.1) is 0 Å². The molecule has 1 aliphatic rings. The number of likely N-dealkylation sites (tertiary alicyclic amines) is 1. The number of aromatic nitrogens is 2. The van der Waals surface area contributed by atoms with E-state index in [1.54, 1.807) is 0 Å². The lowest BCUT2D eigenvalue weighted by Gasteiger charge is -2.32. The van der Waals surface area contributed by atoms with E-state index in [4.69, 9.17) is 5.84 Å². The van der Waals surface area contributed by atoms with Gasteiger partial charge in [0.25, 0.3) is 0 Å². The van der Waals surface area contributed by atoms with Crippen molar-refractivity contribution in [2.24, 2.45) is 11.8 Å². The number of rotatable bonds is 5. The SMILES string of the molecule is CCc1nc(NN)c(C)c(N(C)CC2CCN(C)CC2)n1. The molecule has 0 atom stereocenters. The highest BCUT2D eigenvalue weighted by molar-refractivity contribution is 5.57.